The summed E-state index contributed by atoms with van der Waals surface area (Å²) in [6.07, 6.45) is 1.53. The van der Waals surface area contributed by atoms with Crippen LogP contribution in [0, 0.1) is 5.82 Å². The Bertz CT molecular complexity index is 1020. The molecule has 1 heterocycles. The molecular weight excluding hydrogens is 365 g/mol. The number of para-hydroxylation sites is 1. The minimum absolute atomic E-state index is 0.0721. The van der Waals surface area contributed by atoms with Crippen LogP contribution in [0.4, 0.5) is 4.39 Å². The van der Waals surface area contributed by atoms with Gasteiger partial charge in [-0.2, -0.15) is 5.10 Å². The summed E-state index contributed by atoms with van der Waals surface area (Å²) in [6.45, 7) is 5.83. The van der Waals surface area contributed by atoms with Gasteiger partial charge in [0.15, 0.2) is 0 Å². The molecule has 1 N–H and O–H groups in total. The van der Waals surface area contributed by atoms with Crippen molar-refractivity contribution in [2.75, 3.05) is 0 Å². The van der Waals surface area contributed by atoms with Crippen LogP contribution >= 0.6 is 0 Å². The maximum absolute atomic E-state index is 13.0. The molecule has 3 aromatic rings. The lowest BCUT2D eigenvalue weighted by molar-refractivity contribution is 0.539. The van der Waals surface area contributed by atoms with Crippen molar-refractivity contribution in [1.29, 1.82) is 0 Å². The normalized spacial score (nSPS) is 12.3. The smallest absolute Gasteiger partial charge is 0.239 e. The molecule has 1 aromatic heterocycles. The predicted octanol–water partition coefficient (Wildman–Crippen LogP) is 3.79. The van der Waals surface area contributed by atoms with Crippen molar-refractivity contribution in [3.05, 3.63) is 77.9 Å². The molecule has 0 unspecified atom stereocenters. The zero-order chi connectivity index (χ0) is 19.7. The molecule has 0 aliphatic carbocycles. The number of hydrogen-bond acceptors (Lipinski definition) is 3. The van der Waals surface area contributed by atoms with Gasteiger partial charge >= 0.3 is 0 Å². The maximum atomic E-state index is 13.0. The van der Waals surface area contributed by atoms with Crippen molar-refractivity contribution in [3.8, 4) is 5.69 Å². The Morgan fingerprint density at radius 2 is 1.67 bits per heavy atom. The van der Waals surface area contributed by atoms with E-state index in [1.165, 1.54) is 18.3 Å². The molecule has 0 spiro atoms. The van der Waals surface area contributed by atoms with E-state index in [0.29, 0.717) is 11.3 Å². The molecule has 7 heteroatoms. The summed E-state index contributed by atoms with van der Waals surface area (Å²) in [6, 6.07) is 15.1. The third-order valence-corrected chi connectivity index (χ3v) is 5.48. The van der Waals surface area contributed by atoms with E-state index in [-0.39, 0.29) is 17.3 Å². The van der Waals surface area contributed by atoms with E-state index in [1.807, 2.05) is 51.1 Å². The fraction of sp³-hybridized carbons (Fsp3) is 0.250. The Morgan fingerprint density at radius 3 is 2.26 bits per heavy atom. The van der Waals surface area contributed by atoms with E-state index in [4.69, 9.17) is 0 Å². The van der Waals surface area contributed by atoms with Gasteiger partial charge in [-0.25, -0.2) is 22.2 Å². The predicted molar refractivity (Wildman–Crippen MR) is 103 cm³/mol. The van der Waals surface area contributed by atoms with Crippen molar-refractivity contribution in [2.45, 2.75) is 37.6 Å². The first-order chi connectivity index (χ1) is 12.7. The van der Waals surface area contributed by atoms with Gasteiger partial charge in [-0.3, -0.25) is 0 Å². The average Bonchev–Trinajstić information content (AvgIpc) is 3.09. The standard InChI is InChI=1S/C20H22FN3O2S/c1-20(2,3)19-18(14-24(23-19)17-7-5-4-6-8-17)27(25,26)22-13-15-9-11-16(21)12-10-15/h4-12,14,22H,13H2,1-3H3. The summed E-state index contributed by atoms with van der Waals surface area (Å²) in [5.74, 6) is -0.360. The second-order valence-corrected chi connectivity index (χ2v) is 9.06. The highest BCUT2D eigenvalue weighted by molar-refractivity contribution is 7.89. The number of benzene rings is 2. The highest BCUT2D eigenvalue weighted by Gasteiger charge is 2.30. The Balaban J connectivity index is 1.95. The summed E-state index contributed by atoms with van der Waals surface area (Å²) in [7, 11) is -3.80. The number of rotatable bonds is 5. The molecule has 3 rings (SSSR count). The SMILES string of the molecule is CC(C)(C)c1nn(-c2ccccc2)cc1S(=O)(=O)NCc1ccc(F)cc1. The van der Waals surface area contributed by atoms with Crippen molar-refractivity contribution >= 4 is 10.0 Å². The number of nitrogens with zero attached hydrogens (tertiary/aromatic N) is 2. The minimum Gasteiger partial charge on any atom is -0.239 e. The second-order valence-electron chi connectivity index (χ2n) is 7.32. The van der Waals surface area contributed by atoms with Crippen molar-refractivity contribution in [1.82, 2.24) is 14.5 Å². The van der Waals surface area contributed by atoms with Gasteiger partial charge in [-0.15, -0.1) is 0 Å². The van der Waals surface area contributed by atoms with E-state index in [0.717, 1.165) is 5.69 Å². The first-order valence-corrected chi connectivity index (χ1v) is 10.0. The molecule has 0 saturated carbocycles. The Labute approximate surface area is 158 Å². The van der Waals surface area contributed by atoms with Crippen LogP contribution < -0.4 is 4.72 Å². The molecule has 0 aliphatic heterocycles. The van der Waals surface area contributed by atoms with Gasteiger partial charge in [-0.1, -0.05) is 51.1 Å². The van der Waals surface area contributed by atoms with Crippen LogP contribution in [0.1, 0.15) is 32.0 Å². The number of nitrogens with one attached hydrogen (secondary N) is 1. The third kappa shape index (κ3) is 4.43. The van der Waals surface area contributed by atoms with Crippen LogP contribution in [-0.2, 0) is 22.0 Å². The molecular formula is C20H22FN3O2S. The highest BCUT2D eigenvalue weighted by Crippen LogP contribution is 2.28. The molecule has 0 fully saturated rings. The summed E-state index contributed by atoms with van der Waals surface area (Å²) >= 11 is 0. The van der Waals surface area contributed by atoms with E-state index in [9.17, 15) is 12.8 Å². The molecule has 0 bridgehead atoms. The lowest BCUT2D eigenvalue weighted by atomic mass is 9.92. The first-order valence-electron chi connectivity index (χ1n) is 8.56. The Kier molecular flexibility index (Phi) is 5.17. The number of hydrogen-bond donors (Lipinski definition) is 1. The molecule has 0 aliphatic rings. The fourth-order valence-corrected chi connectivity index (χ4v) is 4.00. The van der Waals surface area contributed by atoms with Gasteiger partial charge in [0.2, 0.25) is 10.0 Å². The van der Waals surface area contributed by atoms with Crippen molar-refractivity contribution < 1.29 is 12.8 Å². The zero-order valence-electron chi connectivity index (χ0n) is 15.5. The number of sulfonamides is 1. The van der Waals surface area contributed by atoms with Gasteiger partial charge < -0.3 is 0 Å². The number of aromatic nitrogens is 2. The largest absolute Gasteiger partial charge is 0.244 e. The Hall–Kier alpha value is -2.51. The molecule has 0 saturated heterocycles. The maximum Gasteiger partial charge on any atom is 0.244 e. The molecule has 5 nitrogen and oxygen atoms in total. The first kappa shape index (κ1) is 19.3. The van der Waals surface area contributed by atoms with Gasteiger partial charge in [-0.05, 0) is 29.8 Å². The second kappa shape index (κ2) is 7.25. The highest BCUT2D eigenvalue weighted by atomic mass is 32.2. The molecule has 142 valence electrons. The van der Waals surface area contributed by atoms with E-state index >= 15 is 0 Å². The minimum atomic E-state index is -3.80. The monoisotopic (exact) mass is 387 g/mol. The lowest BCUT2D eigenvalue weighted by Crippen LogP contribution is -2.26. The van der Waals surface area contributed by atoms with Crippen LogP contribution in [0.25, 0.3) is 5.69 Å². The van der Waals surface area contributed by atoms with Crippen LogP contribution in [-0.4, -0.2) is 18.2 Å². The van der Waals surface area contributed by atoms with Crippen molar-refractivity contribution in [2.24, 2.45) is 0 Å². The molecule has 0 amide bonds. The lowest BCUT2D eigenvalue weighted by Gasteiger charge is -2.17. The van der Waals surface area contributed by atoms with Crippen LogP contribution in [0.3, 0.4) is 0 Å². The molecule has 2 aromatic carbocycles. The van der Waals surface area contributed by atoms with Crippen LogP contribution in [0.2, 0.25) is 0 Å². The van der Waals surface area contributed by atoms with Crippen molar-refractivity contribution in [3.63, 3.8) is 0 Å². The molecule has 0 radical (unpaired) electrons. The Morgan fingerprint density at radius 1 is 1.04 bits per heavy atom. The van der Waals surface area contributed by atoms with Crippen LogP contribution in [0.5, 0.6) is 0 Å². The summed E-state index contributed by atoms with van der Waals surface area (Å²) < 4.78 is 43.1. The van der Waals surface area contributed by atoms with Gasteiger partial charge in [0, 0.05) is 12.0 Å². The van der Waals surface area contributed by atoms with Gasteiger partial charge in [0.05, 0.1) is 17.6 Å². The average molecular weight is 387 g/mol. The number of halogens is 1. The topological polar surface area (TPSA) is 64.0 Å². The zero-order valence-corrected chi connectivity index (χ0v) is 16.3. The van der Waals surface area contributed by atoms with Gasteiger partial charge in [0.25, 0.3) is 0 Å². The summed E-state index contributed by atoms with van der Waals surface area (Å²) in [5, 5.41) is 4.53. The molecule has 0 atom stereocenters. The fourth-order valence-electron chi connectivity index (χ4n) is 2.65. The van der Waals surface area contributed by atoms with E-state index < -0.39 is 15.4 Å². The summed E-state index contributed by atoms with van der Waals surface area (Å²) in [4.78, 5) is 0.140. The molecule has 27 heavy (non-hydrogen) atoms. The van der Waals surface area contributed by atoms with E-state index in [1.54, 1.807) is 16.8 Å². The third-order valence-electron chi connectivity index (χ3n) is 4.08. The summed E-state index contributed by atoms with van der Waals surface area (Å²) in [5.41, 5.74) is 1.48. The van der Waals surface area contributed by atoms with E-state index in [2.05, 4.69) is 9.82 Å². The quantitative estimate of drug-likeness (QED) is 0.724. The van der Waals surface area contributed by atoms with Gasteiger partial charge in [0.1, 0.15) is 10.7 Å². The van der Waals surface area contributed by atoms with Crippen LogP contribution in [0.15, 0.2) is 65.7 Å².